The Morgan fingerprint density at radius 3 is 2.37 bits per heavy atom. The first kappa shape index (κ1) is 27.7. The molecule has 8 heteroatoms. The fraction of sp³-hybridized carbons (Fsp3) is 0.444. The lowest BCUT2D eigenvalue weighted by molar-refractivity contribution is -0.154. The van der Waals surface area contributed by atoms with Crippen molar-refractivity contribution < 1.29 is 13.2 Å². The SMILES string of the molecule is C=CC[C@@]1(C)C[C@H](c2cccc(Cl)c2)[C@@H](c2ccc(Cl)cc2)N([C@@H](CC)CN(C)S(C)(=O)=O)C1=O. The van der Waals surface area contributed by atoms with Gasteiger partial charge in [0, 0.05) is 35.6 Å². The summed E-state index contributed by atoms with van der Waals surface area (Å²) in [6, 6.07) is 14.7. The van der Waals surface area contributed by atoms with E-state index in [-0.39, 0.29) is 30.5 Å². The Kier molecular flexibility index (Phi) is 8.74. The number of benzene rings is 2. The van der Waals surface area contributed by atoms with Gasteiger partial charge in [-0.1, -0.05) is 67.4 Å². The number of carbonyl (C=O) groups is 1. The Labute approximate surface area is 219 Å². The highest BCUT2D eigenvalue weighted by Crippen LogP contribution is 2.52. The third-order valence-corrected chi connectivity index (χ3v) is 8.85. The molecule has 190 valence electrons. The summed E-state index contributed by atoms with van der Waals surface area (Å²) in [6.45, 7) is 8.08. The largest absolute Gasteiger partial charge is 0.330 e. The van der Waals surface area contributed by atoms with Crippen molar-refractivity contribution in [3.63, 3.8) is 0 Å². The number of hydrogen-bond donors (Lipinski definition) is 0. The van der Waals surface area contributed by atoms with Gasteiger partial charge in [-0.15, -0.1) is 6.58 Å². The van der Waals surface area contributed by atoms with Crippen LogP contribution in [0.15, 0.2) is 61.2 Å². The minimum atomic E-state index is -3.42. The van der Waals surface area contributed by atoms with Gasteiger partial charge in [0.05, 0.1) is 17.7 Å². The molecule has 0 aliphatic carbocycles. The maximum absolute atomic E-state index is 14.2. The predicted octanol–water partition coefficient (Wildman–Crippen LogP) is 6.30. The Balaban J connectivity index is 2.23. The van der Waals surface area contributed by atoms with E-state index in [0.29, 0.717) is 29.3 Å². The third kappa shape index (κ3) is 6.11. The molecule has 0 N–H and O–H groups in total. The fourth-order valence-electron chi connectivity index (χ4n) is 5.13. The quantitative estimate of drug-likeness (QED) is 0.353. The van der Waals surface area contributed by atoms with E-state index < -0.39 is 15.4 Å². The normalized spacial score (nSPS) is 24.0. The number of allylic oxidation sites excluding steroid dienone is 1. The van der Waals surface area contributed by atoms with Crippen molar-refractivity contribution in [1.82, 2.24) is 9.21 Å². The maximum atomic E-state index is 14.2. The fourth-order valence-corrected chi connectivity index (χ4v) is 5.90. The number of piperidine rings is 1. The Morgan fingerprint density at radius 1 is 1.17 bits per heavy atom. The second kappa shape index (κ2) is 11.0. The molecule has 1 heterocycles. The summed E-state index contributed by atoms with van der Waals surface area (Å²) in [4.78, 5) is 16.1. The van der Waals surface area contributed by atoms with Crippen molar-refractivity contribution in [3.8, 4) is 0 Å². The van der Waals surface area contributed by atoms with Crippen LogP contribution in [0.4, 0.5) is 0 Å². The average molecular weight is 538 g/mol. The van der Waals surface area contributed by atoms with E-state index in [2.05, 4.69) is 6.58 Å². The maximum Gasteiger partial charge on any atom is 0.229 e. The van der Waals surface area contributed by atoms with Gasteiger partial charge < -0.3 is 4.90 Å². The highest BCUT2D eigenvalue weighted by Gasteiger charge is 2.51. The first-order valence-corrected chi connectivity index (χ1v) is 14.4. The molecule has 5 nitrogen and oxygen atoms in total. The summed E-state index contributed by atoms with van der Waals surface area (Å²) in [5.41, 5.74) is 1.31. The predicted molar refractivity (Wildman–Crippen MR) is 144 cm³/mol. The Bertz CT molecular complexity index is 1170. The topological polar surface area (TPSA) is 57.7 Å². The standard InChI is InChI=1S/C27H34Cl2N2O3S/c1-6-15-27(3)17-24(20-9-8-10-22(29)16-20)25(19-11-13-21(28)14-12-19)31(26(27)32)23(7-2)18-30(4)35(5,33)34/h6,8-14,16,23-25H,1,7,15,17-18H2,2-5H3/t23-,24+,25+,27-/m0/s1. The molecule has 2 aromatic carbocycles. The monoisotopic (exact) mass is 536 g/mol. The number of nitrogens with zero attached hydrogens (tertiary/aromatic N) is 2. The van der Waals surface area contributed by atoms with Crippen molar-refractivity contribution in [2.24, 2.45) is 5.41 Å². The van der Waals surface area contributed by atoms with Crippen molar-refractivity contribution >= 4 is 39.1 Å². The molecule has 1 aliphatic heterocycles. The molecule has 0 bridgehead atoms. The molecule has 0 aromatic heterocycles. The molecule has 35 heavy (non-hydrogen) atoms. The highest BCUT2D eigenvalue weighted by atomic mass is 35.5. The summed E-state index contributed by atoms with van der Waals surface area (Å²) in [6.07, 6.45) is 4.70. The molecular weight excluding hydrogens is 503 g/mol. The van der Waals surface area contributed by atoms with Gasteiger partial charge in [0.15, 0.2) is 0 Å². The van der Waals surface area contributed by atoms with Crippen LogP contribution in [0.25, 0.3) is 0 Å². The van der Waals surface area contributed by atoms with Crippen LogP contribution in [-0.4, -0.2) is 49.4 Å². The van der Waals surface area contributed by atoms with Gasteiger partial charge in [-0.2, -0.15) is 0 Å². The van der Waals surface area contributed by atoms with Crippen molar-refractivity contribution in [2.45, 2.75) is 51.1 Å². The van der Waals surface area contributed by atoms with Crippen LogP contribution in [0.2, 0.25) is 10.0 Å². The molecular formula is C27H34Cl2N2O3S. The van der Waals surface area contributed by atoms with Crippen LogP contribution in [0.1, 0.15) is 56.2 Å². The lowest BCUT2D eigenvalue weighted by atomic mass is 9.67. The summed E-state index contributed by atoms with van der Waals surface area (Å²) in [7, 11) is -1.86. The number of halogens is 2. The van der Waals surface area contributed by atoms with Crippen LogP contribution in [-0.2, 0) is 14.8 Å². The molecule has 4 atom stereocenters. The van der Waals surface area contributed by atoms with E-state index in [4.69, 9.17) is 23.2 Å². The summed E-state index contributed by atoms with van der Waals surface area (Å²) < 4.78 is 25.9. The van der Waals surface area contributed by atoms with Crippen LogP contribution in [0.5, 0.6) is 0 Å². The smallest absolute Gasteiger partial charge is 0.229 e. The lowest BCUT2D eigenvalue weighted by Crippen LogP contribution is -2.57. The number of carbonyl (C=O) groups excluding carboxylic acids is 1. The minimum absolute atomic E-state index is 0.00405. The van der Waals surface area contributed by atoms with E-state index >= 15 is 0 Å². The molecule has 1 amide bonds. The zero-order chi connectivity index (χ0) is 26.0. The molecule has 3 rings (SSSR count). The van der Waals surface area contributed by atoms with Crippen LogP contribution in [0.3, 0.4) is 0 Å². The van der Waals surface area contributed by atoms with Gasteiger partial charge in [0.2, 0.25) is 15.9 Å². The highest BCUT2D eigenvalue weighted by molar-refractivity contribution is 7.88. The van der Waals surface area contributed by atoms with E-state index in [1.54, 1.807) is 13.1 Å². The molecule has 0 saturated carbocycles. The number of likely N-dealkylation sites (tertiary alicyclic amines) is 1. The van der Waals surface area contributed by atoms with Crippen molar-refractivity contribution in [1.29, 1.82) is 0 Å². The van der Waals surface area contributed by atoms with E-state index in [1.165, 1.54) is 10.6 Å². The number of likely N-dealkylation sites (N-methyl/N-ethyl adjacent to an activating group) is 1. The van der Waals surface area contributed by atoms with Crippen LogP contribution >= 0.6 is 23.2 Å². The van der Waals surface area contributed by atoms with E-state index in [1.807, 2.05) is 67.3 Å². The minimum Gasteiger partial charge on any atom is -0.330 e. The van der Waals surface area contributed by atoms with Crippen molar-refractivity contribution in [2.75, 3.05) is 19.8 Å². The van der Waals surface area contributed by atoms with E-state index in [9.17, 15) is 13.2 Å². The summed E-state index contributed by atoms with van der Waals surface area (Å²) >= 11 is 12.6. The van der Waals surface area contributed by atoms with Gasteiger partial charge in [-0.3, -0.25) is 4.79 Å². The second-order valence-corrected chi connectivity index (χ2v) is 12.7. The third-order valence-electron chi connectivity index (χ3n) is 7.08. The van der Waals surface area contributed by atoms with Crippen LogP contribution in [0, 0.1) is 5.41 Å². The molecule has 1 fully saturated rings. The molecule has 0 spiro atoms. The van der Waals surface area contributed by atoms with Crippen LogP contribution < -0.4 is 0 Å². The van der Waals surface area contributed by atoms with Gasteiger partial charge in [0.1, 0.15) is 0 Å². The number of hydrogen-bond acceptors (Lipinski definition) is 3. The second-order valence-electron chi connectivity index (χ2n) is 9.73. The number of sulfonamides is 1. The Hall–Kier alpha value is -1.86. The molecule has 2 aromatic rings. The lowest BCUT2D eigenvalue weighted by Gasteiger charge is -2.52. The van der Waals surface area contributed by atoms with Gasteiger partial charge >= 0.3 is 0 Å². The summed E-state index contributed by atoms with van der Waals surface area (Å²) in [5, 5.41) is 1.25. The van der Waals surface area contributed by atoms with E-state index in [0.717, 1.165) is 11.1 Å². The van der Waals surface area contributed by atoms with Crippen molar-refractivity contribution in [3.05, 3.63) is 82.4 Å². The summed E-state index contributed by atoms with van der Waals surface area (Å²) in [5.74, 6) is -0.0560. The average Bonchev–Trinajstić information content (AvgIpc) is 2.79. The van der Waals surface area contributed by atoms with Gasteiger partial charge in [-0.25, -0.2) is 12.7 Å². The zero-order valence-electron chi connectivity index (χ0n) is 20.7. The first-order chi connectivity index (χ1) is 16.4. The molecule has 1 aliphatic rings. The first-order valence-electron chi connectivity index (χ1n) is 11.8. The van der Waals surface area contributed by atoms with Gasteiger partial charge in [0.25, 0.3) is 0 Å². The Morgan fingerprint density at radius 2 is 1.83 bits per heavy atom. The van der Waals surface area contributed by atoms with Gasteiger partial charge in [-0.05, 0) is 54.7 Å². The molecule has 1 saturated heterocycles. The number of amides is 1. The number of rotatable bonds is 9. The zero-order valence-corrected chi connectivity index (χ0v) is 23.1. The molecule has 0 unspecified atom stereocenters. The molecule has 0 radical (unpaired) electrons.